The first-order valence-corrected chi connectivity index (χ1v) is 14.0. The molecule has 3 aromatic rings. The summed E-state index contributed by atoms with van der Waals surface area (Å²) >= 11 is 0. The summed E-state index contributed by atoms with van der Waals surface area (Å²) in [5.74, 6) is -1.31. The molecule has 0 unspecified atom stereocenters. The van der Waals surface area contributed by atoms with Gasteiger partial charge in [0.05, 0.1) is 12.6 Å². The largest absolute Gasteiger partial charge is 0.445 e. The average molecular weight is 572 g/mol. The zero-order valence-corrected chi connectivity index (χ0v) is 24.1. The fourth-order valence-electron chi connectivity index (χ4n) is 4.42. The maximum absolute atomic E-state index is 13.7. The minimum atomic E-state index is -1.01. The smallest absolute Gasteiger partial charge is 0.408 e. The molecular formula is C33H37N3O6. The van der Waals surface area contributed by atoms with Crippen molar-refractivity contribution in [3.05, 3.63) is 107 Å². The third-order valence-corrected chi connectivity index (χ3v) is 7.15. The molecule has 9 heteroatoms. The van der Waals surface area contributed by atoms with Gasteiger partial charge >= 0.3 is 6.09 Å². The van der Waals surface area contributed by atoms with Crippen LogP contribution in [0, 0.1) is 6.92 Å². The molecule has 0 saturated carbocycles. The van der Waals surface area contributed by atoms with Gasteiger partial charge in [-0.25, -0.2) is 4.79 Å². The van der Waals surface area contributed by atoms with Gasteiger partial charge in [0.25, 0.3) is 0 Å². The van der Waals surface area contributed by atoms with Crippen LogP contribution in [0.3, 0.4) is 0 Å². The lowest BCUT2D eigenvalue weighted by Gasteiger charge is -2.25. The summed E-state index contributed by atoms with van der Waals surface area (Å²) in [5, 5.41) is 8.14. The van der Waals surface area contributed by atoms with Crippen LogP contribution in [0.2, 0.25) is 0 Å². The van der Waals surface area contributed by atoms with Crippen LogP contribution >= 0.6 is 0 Å². The molecule has 1 heterocycles. The number of hydrogen-bond donors (Lipinski definition) is 3. The Bertz CT molecular complexity index is 1370. The number of nitrogens with one attached hydrogen (secondary N) is 3. The summed E-state index contributed by atoms with van der Waals surface area (Å²) in [7, 11) is 0. The van der Waals surface area contributed by atoms with Crippen LogP contribution in [-0.2, 0) is 43.3 Å². The first-order chi connectivity index (χ1) is 20.1. The molecule has 0 spiro atoms. The molecule has 4 rings (SSSR count). The van der Waals surface area contributed by atoms with Crippen molar-refractivity contribution < 1.29 is 28.7 Å². The van der Waals surface area contributed by atoms with Crippen LogP contribution in [0.4, 0.5) is 4.79 Å². The summed E-state index contributed by atoms with van der Waals surface area (Å²) in [6.45, 7) is 5.52. The van der Waals surface area contributed by atoms with Crippen LogP contribution in [-0.4, -0.2) is 54.0 Å². The molecule has 1 aliphatic rings. The number of aryl methyl sites for hydroxylation is 1. The summed E-state index contributed by atoms with van der Waals surface area (Å²) in [5.41, 5.74) is 2.63. The number of ether oxygens (including phenoxy) is 2. The van der Waals surface area contributed by atoms with E-state index in [9.17, 15) is 19.2 Å². The van der Waals surface area contributed by atoms with Gasteiger partial charge in [-0.1, -0.05) is 90.5 Å². The average Bonchev–Trinajstić information content (AvgIpc) is 3.75. The molecule has 0 aliphatic carbocycles. The van der Waals surface area contributed by atoms with Gasteiger partial charge in [-0.15, -0.1) is 0 Å². The maximum Gasteiger partial charge on any atom is 0.408 e. The Morgan fingerprint density at radius 3 is 1.88 bits per heavy atom. The van der Waals surface area contributed by atoms with Gasteiger partial charge in [-0.2, -0.15) is 0 Å². The maximum atomic E-state index is 13.7. The van der Waals surface area contributed by atoms with E-state index in [1.807, 2.05) is 91.9 Å². The number of amides is 3. The number of carbonyl (C=O) groups excluding carboxylic acids is 4. The lowest BCUT2D eigenvalue weighted by Crippen LogP contribution is -2.57. The highest BCUT2D eigenvalue weighted by Crippen LogP contribution is 2.29. The molecule has 0 aromatic heterocycles. The SMILES string of the molecule is Cc1ccc(C[C@H](NC(=O)[C@H](C)NC(=O)OCc2ccccc2)C(=O)N[C@@H](Cc2ccccc2)C(=O)[C@@]2(C)CO2)cc1. The first kappa shape index (κ1) is 30.5. The minimum absolute atomic E-state index is 0.0545. The lowest BCUT2D eigenvalue weighted by atomic mass is 9.94. The summed E-state index contributed by atoms with van der Waals surface area (Å²) in [6.07, 6.45) is -0.295. The number of carbonyl (C=O) groups is 4. The van der Waals surface area contributed by atoms with E-state index in [1.165, 1.54) is 6.92 Å². The molecule has 1 aliphatic heterocycles. The summed E-state index contributed by atoms with van der Waals surface area (Å²) < 4.78 is 10.6. The van der Waals surface area contributed by atoms with E-state index in [2.05, 4.69) is 16.0 Å². The highest BCUT2D eigenvalue weighted by Gasteiger charge is 2.50. The van der Waals surface area contributed by atoms with Crippen molar-refractivity contribution in [1.82, 2.24) is 16.0 Å². The standard InChI is InChI=1S/C33H37N3O6/c1-22-14-16-25(17-15-22)19-28(36-30(38)23(2)34-32(40)41-20-26-12-8-5-9-13-26)31(39)35-27(29(37)33(3)21-42-33)18-24-10-6-4-7-11-24/h4-17,23,27-28H,18-21H2,1-3H3,(H,34,40)(H,35,39)(H,36,38)/t23-,27-,28-,33+/m0/s1. The minimum Gasteiger partial charge on any atom is -0.445 e. The molecule has 3 amide bonds. The second-order valence-electron chi connectivity index (χ2n) is 10.8. The van der Waals surface area contributed by atoms with Crippen LogP contribution in [0.25, 0.3) is 0 Å². The highest BCUT2D eigenvalue weighted by atomic mass is 16.6. The number of benzene rings is 3. The van der Waals surface area contributed by atoms with Crippen molar-refractivity contribution in [3.63, 3.8) is 0 Å². The molecule has 0 radical (unpaired) electrons. The predicted octanol–water partition coefficient (Wildman–Crippen LogP) is 3.42. The fourth-order valence-corrected chi connectivity index (χ4v) is 4.42. The van der Waals surface area contributed by atoms with E-state index in [0.717, 1.165) is 22.3 Å². The third-order valence-electron chi connectivity index (χ3n) is 7.15. The number of rotatable bonds is 13. The van der Waals surface area contributed by atoms with Crippen molar-refractivity contribution >= 4 is 23.7 Å². The predicted molar refractivity (Wildman–Crippen MR) is 157 cm³/mol. The van der Waals surface area contributed by atoms with Gasteiger partial charge in [-0.05, 0) is 43.9 Å². The molecule has 42 heavy (non-hydrogen) atoms. The van der Waals surface area contributed by atoms with E-state index >= 15 is 0 Å². The lowest BCUT2D eigenvalue weighted by molar-refractivity contribution is -0.133. The van der Waals surface area contributed by atoms with Crippen molar-refractivity contribution in [1.29, 1.82) is 0 Å². The van der Waals surface area contributed by atoms with Crippen LogP contribution in [0.15, 0.2) is 84.9 Å². The van der Waals surface area contributed by atoms with Gasteiger partial charge in [0, 0.05) is 6.42 Å². The Morgan fingerprint density at radius 1 is 0.762 bits per heavy atom. The topological polar surface area (TPSA) is 126 Å². The second kappa shape index (κ2) is 13.9. The Hall–Kier alpha value is -4.50. The molecule has 4 atom stereocenters. The molecule has 1 fully saturated rings. The van der Waals surface area contributed by atoms with Gasteiger partial charge < -0.3 is 25.4 Å². The van der Waals surface area contributed by atoms with E-state index in [1.54, 1.807) is 6.92 Å². The third kappa shape index (κ3) is 8.75. The van der Waals surface area contributed by atoms with Crippen molar-refractivity contribution in [2.45, 2.75) is 63.9 Å². The fraction of sp³-hybridized carbons (Fsp3) is 0.333. The number of ketones is 1. The zero-order chi connectivity index (χ0) is 30.1. The van der Waals surface area contributed by atoms with Gasteiger partial charge in [0.2, 0.25) is 11.8 Å². The van der Waals surface area contributed by atoms with E-state index in [4.69, 9.17) is 9.47 Å². The normalized spacial score (nSPS) is 17.7. The molecule has 0 bridgehead atoms. The second-order valence-corrected chi connectivity index (χ2v) is 10.8. The number of hydrogen-bond acceptors (Lipinski definition) is 6. The molecule has 3 aromatic carbocycles. The van der Waals surface area contributed by atoms with Crippen molar-refractivity contribution in [3.8, 4) is 0 Å². The molecule has 3 N–H and O–H groups in total. The summed E-state index contributed by atoms with van der Waals surface area (Å²) in [4.78, 5) is 52.5. The van der Waals surface area contributed by atoms with E-state index in [0.29, 0.717) is 6.61 Å². The van der Waals surface area contributed by atoms with Crippen molar-refractivity contribution in [2.75, 3.05) is 6.61 Å². The quantitative estimate of drug-likeness (QED) is 0.270. The zero-order valence-electron chi connectivity index (χ0n) is 24.1. The Labute approximate surface area is 246 Å². The van der Waals surface area contributed by atoms with Gasteiger partial charge in [-0.3, -0.25) is 14.4 Å². The summed E-state index contributed by atoms with van der Waals surface area (Å²) in [6, 6.07) is 23.3. The first-order valence-electron chi connectivity index (χ1n) is 14.0. The van der Waals surface area contributed by atoms with E-state index in [-0.39, 0.29) is 25.2 Å². The Kier molecular flexibility index (Phi) is 10.1. The Morgan fingerprint density at radius 2 is 1.29 bits per heavy atom. The van der Waals surface area contributed by atoms with Gasteiger partial charge in [0.15, 0.2) is 5.78 Å². The molecule has 9 nitrogen and oxygen atoms in total. The molecule has 220 valence electrons. The van der Waals surface area contributed by atoms with Crippen molar-refractivity contribution in [2.24, 2.45) is 0 Å². The van der Waals surface area contributed by atoms with Gasteiger partial charge in [0.1, 0.15) is 24.3 Å². The van der Waals surface area contributed by atoms with Crippen LogP contribution in [0.5, 0.6) is 0 Å². The van der Waals surface area contributed by atoms with E-state index < -0.39 is 41.6 Å². The van der Waals surface area contributed by atoms with Crippen LogP contribution < -0.4 is 16.0 Å². The molecular weight excluding hydrogens is 534 g/mol. The number of alkyl carbamates (subject to hydrolysis) is 1. The molecule has 1 saturated heterocycles. The monoisotopic (exact) mass is 571 g/mol. The number of Topliss-reactive ketones (excluding diaryl/α,β-unsaturated/α-hetero) is 1. The highest BCUT2D eigenvalue weighted by molar-refractivity contribution is 5.98. The Balaban J connectivity index is 1.44. The van der Waals surface area contributed by atoms with Crippen LogP contribution in [0.1, 0.15) is 36.1 Å². The number of epoxide rings is 1.